The van der Waals surface area contributed by atoms with Crippen LogP contribution in [0.1, 0.15) is 39.5 Å². The molecule has 6 unspecified atom stereocenters. The minimum absolute atomic E-state index is 0.102. The standard InChI is InChI=1S/C13H24O3/c1-8-4-5-10(6-9(8)2)16-12-7-11(14)13(12)15-3/h8-14H,4-7H2,1-3H3. The number of hydrogen-bond donors (Lipinski definition) is 1. The van der Waals surface area contributed by atoms with Crippen molar-refractivity contribution in [2.45, 2.75) is 63.9 Å². The van der Waals surface area contributed by atoms with E-state index in [0.29, 0.717) is 6.10 Å². The summed E-state index contributed by atoms with van der Waals surface area (Å²) in [5.74, 6) is 1.58. The largest absolute Gasteiger partial charge is 0.390 e. The summed E-state index contributed by atoms with van der Waals surface area (Å²) in [6, 6.07) is 0. The van der Waals surface area contributed by atoms with Gasteiger partial charge >= 0.3 is 0 Å². The molecule has 0 amide bonds. The molecule has 2 aliphatic rings. The Morgan fingerprint density at radius 1 is 1.06 bits per heavy atom. The van der Waals surface area contributed by atoms with Gasteiger partial charge in [-0.05, 0) is 31.1 Å². The van der Waals surface area contributed by atoms with Crippen LogP contribution in [0.3, 0.4) is 0 Å². The minimum Gasteiger partial charge on any atom is -0.390 e. The number of aliphatic hydroxyl groups is 1. The molecule has 0 saturated heterocycles. The van der Waals surface area contributed by atoms with Crippen LogP contribution in [0.2, 0.25) is 0 Å². The lowest BCUT2D eigenvalue weighted by molar-refractivity contribution is -0.204. The number of methoxy groups -OCH3 is 1. The molecule has 2 aliphatic carbocycles. The molecule has 0 aromatic carbocycles. The molecule has 94 valence electrons. The molecule has 16 heavy (non-hydrogen) atoms. The lowest BCUT2D eigenvalue weighted by atomic mass is 9.79. The Morgan fingerprint density at radius 3 is 2.38 bits per heavy atom. The van der Waals surface area contributed by atoms with E-state index in [2.05, 4.69) is 13.8 Å². The van der Waals surface area contributed by atoms with Crippen LogP contribution >= 0.6 is 0 Å². The fourth-order valence-electron chi connectivity index (χ4n) is 2.87. The van der Waals surface area contributed by atoms with Crippen molar-refractivity contribution in [3.63, 3.8) is 0 Å². The third-order valence-electron chi connectivity index (χ3n) is 4.41. The van der Waals surface area contributed by atoms with E-state index in [1.54, 1.807) is 7.11 Å². The second kappa shape index (κ2) is 5.03. The van der Waals surface area contributed by atoms with E-state index in [1.165, 1.54) is 6.42 Å². The predicted octanol–water partition coefficient (Wildman–Crippen LogP) is 1.98. The lowest BCUT2D eigenvalue weighted by Crippen LogP contribution is -2.54. The molecule has 3 heteroatoms. The van der Waals surface area contributed by atoms with Crippen molar-refractivity contribution in [2.75, 3.05) is 7.11 Å². The fraction of sp³-hybridized carbons (Fsp3) is 1.00. The van der Waals surface area contributed by atoms with Crippen molar-refractivity contribution in [1.29, 1.82) is 0 Å². The number of hydrogen-bond acceptors (Lipinski definition) is 3. The predicted molar refractivity (Wildman–Crippen MR) is 62.3 cm³/mol. The highest BCUT2D eigenvalue weighted by Gasteiger charge is 2.43. The molecule has 0 aromatic heterocycles. The van der Waals surface area contributed by atoms with E-state index in [4.69, 9.17) is 9.47 Å². The van der Waals surface area contributed by atoms with Crippen LogP contribution < -0.4 is 0 Å². The second-order valence-corrected chi connectivity index (χ2v) is 5.57. The topological polar surface area (TPSA) is 38.7 Å². The van der Waals surface area contributed by atoms with Crippen LogP contribution in [0, 0.1) is 11.8 Å². The summed E-state index contributed by atoms with van der Waals surface area (Å²) in [6.45, 7) is 4.63. The molecular formula is C13H24O3. The van der Waals surface area contributed by atoms with Crippen LogP contribution in [0.5, 0.6) is 0 Å². The molecule has 6 atom stereocenters. The first kappa shape index (κ1) is 12.3. The zero-order chi connectivity index (χ0) is 11.7. The average molecular weight is 228 g/mol. The van der Waals surface area contributed by atoms with Crippen molar-refractivity contribution in [3.05, 3.63) is 0 Å². The zero-order valence-electron chi connectivity index (χ0n) is 10.6. The Kier molecular flexibility index (Phi) is 3.88. The van der Waals surface area contributed by atoms with Gasteiger partial charge in [0, 0.05) is 13.5 Å². The van der Waals surface area contributed by atoms with E-state index in [-0.39, 0.29) is 18.3 Å². The summed E-state index contributed by atoms with van der Waals surface area (Å²) in [7, 11) is 1.65. The van der Waals surface area contributed by atoms with Crippen LogP contribution in [0.4, 0.5) is 0 Å². The summed E-state index contributed by atoms with van der Waals surface area (Å²) in [4.78, 5) is 0. The highest BCUT2D eigenvalue weighted by Crippen LogP contribution is 2.35. The minimum atomic E-state index is -0.324. The maximum absolute atomic E-state index is 9.50. The highest BCUT2D eigenvalue weighted by atomic mass is 16.6. The van der Waals surface area contributed by atoms with Gasteiger partial charge in [0.15, 0.2) is 0 Å². The SMILES string of the molecule is COC1C(O)CC1OC1CCC(C)C(C)C1. The van der Waals surface area contributed by atoms with Crippen molar-refractivity contribution < 1.29 is 14.6 Å². The molecular weight excluding hydrogens is 204 g/mol. The smallest absolute Gasteiger partial charge is 0.109 e. The van der Waals surface area contributed by atoms with Crippen LogP contribution in [-0.2, 0) is 9.47 Å². The summed E-state index contributed by atoms with van der Waals surface area (Å²) in [6.07, 6.45) is 4.38. The summed E-state index contributed by atoms with van der Waals surface area (Å²) < 4.78 is 11.3. The van der Waals surface area contributed by atoms with Crippen molar-refractivity contribution in [3.8, 4) is 0 Å². The van der Waals surface area contributed by atoms with Crippen molar-refractivity contribution in [2.24, 2.45) is 11.8 Å². The molecule has 1 N–H and O–H groups in total. The molecule has 2 fully saturated rings. The molecule has 0 heterocycles. The van der Waals surface area contributed by atoms with Gasteiger partial charge in [0.05, 0.1) is 18.3 Å². The Morgan fingerprint density at radius 2 is 1.81 bits per heavy atom. The van der Waals surface area contributed by atoms with Gasteiger partial charge in [-0.3, -0.25) is 0 Å². The number of aliphatic hydroxyl groups excluding tert-OH is 1. The Labute approximate surface area is 98.1 Å². The van der Waals surface area contributed by atoms with Crippen LogP contribution in [0.25, 0.3) is 0 Å². The molecule has 0 spiro atoms. The molecule has 2 rings (SSSR count). The van der Waals surface area contributed by atoms with Gasteiger partial charge in [0.2, 0.25) is 0 Å². The zero-order valence-corrected chi connectivity index (χ0v) is 10.6. The first-order valence-electron chi connectivity index (χ1n) is 6.48. The highest BCUT2D eigenvalue weighted by molar-refractivity contribution is 4.93. The van der Waals surface area contributed by atoms with E-state index < -0.39 is 0 Å². The Balaban J connectivity index is 1.78. The third kappa shape index (κ3) is 2.41. The van der Waals surface area contributed by atoms with Gasteiger partial charge in [-0.15, -0.1) is 0 Å². The van der Waals surface area contributed by atoms with Gasteiger partial charge in [0.25, 0.3) is 0 Å². The third-order valence-corrected chi connectivity index (χ3v) is 4.41. The molecule has 3 nitrogen and oxygen atoms in total. The average Bonchev–Trinajstić information content (AvgIpc) is 2.23. The molecule has 0 aromatic rings. The summed E-state index contributed by atoms with van der Waals surface area (Å²) in [5, 5.41) is 9.50. The quantitative estimate of drug-likeness (QED) is 0.802. The normalized spacial score (nSPS) is 48.8. The van der Waals surface area contributed by atoms with Crippen molar-refractivity contribution in [1.82, 2.24) is 0 Å². The van der Waals surface area contributed by atoms with E-state index in [0.717, 1.165) is 31.1 Å². The van der Waals surface area contributed by atoms with Crippen molar-refractivity contribution >= 4 is 0 Å². The monoisotopic (exact) mass is 228 g/mol. The summed E-state index contributed by atoms with van der Waals surface area (Å²) in [5.41, 5.74) is 0. The maximum atomic E-state index is 9.50. The lowest BCUT2D eigenvalue weighted by Gasteiger charge is -2.43. The first-order valence-corrected chi connectivity index (χ1v) is 6.48. The van der Waals surface area contributed by atoms with E-state index >= 15 is 0 Å². The first-order chi connectivity index (χ1) is 7.61. The number of rotatable bonds is 3. The number of ether oxygens (including phenoxy) is 2. The van der Waals surface area contributed by atoms with Crippen LogP contribution in [0.15, 0.2) is 0 Å². The molecule has 2 saturated carbocycles. The van der Waals surface area contributed by atoms with Gasteiger partial charge in [-0.2, -0.15) is 0 Å². The van der Waals surface area contributed by atoms with Gasteiger partial charge < -0.3 is 14.6 Å². The van der Waals surface area contributed by atoms with E-state index in [1.807, 2.05) is 0 Å². The molecule has 0 aliphatic heterocycles. The van der Waals surface area contributed by atoms with E-state index in [9.17, 15) is 5.11 Å². The molecule has 0 bridgehead atoms. The van der Waals surface area contributed by atoms with Gasteiger partial charge in [-0.25, -0.2) is 0 Å². The van der Waals surface area contributed by atoms with Gasteiger partial charge in [0.1, 0.15) is 6.10 Å². The maximum Gasteiger partial charge on any atom is 0.109 e. The summed E-state index contributed by atoms with van der Waals surface area (Å²) >= 11 is 0. The fourth-order valence-corrected chi connectivity index (χ4v) is 2.87. The second-order valence-electron chi connectivity index (χ2n) is 5.57. The van der Waals surface area contributed by atoms with Crippen LogP contribution in [-0.4, -0.2) is 36.6 Å². The van der Waals surface area contributed by atoms with Gasteiger partial charge in [-0.1, -0.05) is 13.8 Å². The Hall–Kier alpha value is -0.120. The molecule has 0 radical (unpaired) electrons. The Bertz CT molecular complexity index is 231.